The van der Waals surface area contributed by atoms with Crippen molar-refractivity contribution in [1.82, 2.24) is 9.97 Å². The van der Waals surface area contributed by atoms with Crippen molar-refractivity contribution in [2.45, 2.75) is 5.41 Å². The third kappa shape index (κ3) is 3.64. The molecule has 50 heavy (non-hydrogen) atoms. The second kappa shape index (κ2) is 10.2. The summed E-state index contributed by atoms with van der Waals surface area (Å²) in [6, 6.07) is 60.5. The fraction of sp³-hybridized carbons (Fsp3) is 0.0213. The smallest absolute Gasteiger partial charge is 0.160 e. The van der Waals surface area contributed by atoms with E-state index in [1.54, 1.807) is 0 Å². The summed E-state index contributed by atoms with van der Waals surface area (Å²) in [4.78, 5) is 10.2. The van der Waals surface area contributed by atoms with Crippen LogP contribution in [0.5, 0.6) is 0 Å². The molecule has 1 unspecified atom stereocenters. The summed E-state index contributed by atoms with van der Waals surface area (Å²) in [7, 11) is 0. The molecular formula is C47H28N2O. The van der Waals surface area contributed by atoms with Gasteiger partial charge in [0, 0.05) is 33.0 Å². The van der Waals surface area contributed by atoms with E-state index in [1.807, 2.05) is 30.3 Å². The average molecular weight is 637 g/mol. The van der Waals surface area contributed by atoms with Gasteiger partial charge in [-0.3, -0.25) is 0 Å². The average Bonchev–Trinajstić information content (AvgIpc) is 3.82. The van der Waals surface area contributed by atoms with E-state index in [1.165, 1.54) is 44.5 Å². The Hall–Kier alpha value is -6.58. The number of benzene rings is 7. The molecule has 0 radical (unpaired) electrons. The van der Waals surface area contributed by atoms with Gasteiger partial charge in [-0.2, -0.15) is 0 Å². The zero-order valence-electron chi connectivity index (χ0n) is 27.0. The zero-order valence-corrected chi connectivity index (χ0v) is 27.0. The van der Waals surface area contributed by atoms with Crippen LogP contribution in [-0.4, -0.2) is 9.97 Å². The van der Waals surface area contributed by atoms with Gasteiger partial charge >= 0.3 is 0 Å². The summed E-state index contributed by atoms with van der Waals surface area (Å²) < 4.78 is 6.69. The number of rotatable bonds is 3. The van der Waals surface area contributed by atoms with Gasteiger partial charge in [0.25, 0.3) is 0 Å². The molecule has 232 valence electrons. The molecule has 2 aliphatic carbocycles. The molecular weight excluding hydrogens is 609 g/mol. The summed E-state index contributed by atoms with van der Waals surface area (Å²) in [5.74, 6) is 0.716. The van der Waals surface area contributed by atoms with Crippen LogP contribution < -0.4 is 0 Å². The maximum Gasteiger partial charge on any atom is 0.160 e. The summed E-state index contributed by atoms with van der Waals surface area (Å²) in [6.45, 7) is 0. The predicted molar refractivity (Wildman–Crippen MR) is 202 cm³/mol. The second-order valence-electron chi connectivity index (χ2n) is 13.3. The van der Waals surface area contributed by atoms with E-state index in [4.69, 9.17) is 14.4 Å². The van der Waals surface area contributed by atoms with E-state index in [-0.39, 0.29) is 0 Å². The molecule has 2 aromatic heterocycles. The highest BCUT2D eigenvalue weighted by molar-refractivity contribution is 6.13. The molecule has 0 saturated heterocycles. The Morgan fingerprint density at radius 1 is 0.400 bits per heavy atom. The van der Waals surface area contributed by atoms with Crippen molar-refractivity contribution in [3.05, 3.63) is 192 Å². The zero-order chi connectivity index (χ0) is 32.8. The van der Waals surface area contributed by atoms with Gasteiger partial charge in [-0.05, 0) is 57.1 Å². The fourth-order valence-corrected chi connectivity index (χ4v) is 8.63. The van der Waals surface area contributed by atoms with Gasteiger partial charge in [0.1, 0.15) is 11.2 Å². The Bertz CT molecular complexity index is 2760. The Kier molecular flexibility index (Phi) is 5.59. The molecule has 2 heterocycles. The molecule has 7 aromatic carbocycles. The lowest BCUT2D eigenvalue weighted by molar-refractivity contribution is 0.669. The van der Waals surface area contributed by atoms with Crippen LogP contribution in [-0.2, 0) is 5.41 Å². The van der Waals surface area contributed by atoms with Gasteiger partial charge in [-0.1, -0.05) is 152 Å². The molecule has 11 rings (SSSR count). The molecule has 2 aliphatic rings. The number of hydrogen-bond donors (Lipinski definition) is 0. The third-order valence-electron chi connectivity index (χ3n) is 10.7. The first-order valence-electron chi connectivity index (χ1n) is 17.1. The third-order valence-corrected chi connectivity index (χ3v) is 10.7. The predicted octanol–water partition coefficient (Wildman–Crippen LogP) is 11.7. The van der Waals surface area contributed by atoms with Gasteiger partial charge in [-0.15, -0.1) is 0 Å². The highest BCUT2D eigenvalue weighted by atomic mass is 16.3. The van der Waals surface area contributed by atoms with E-state index in [0.29, 0.717) is 5.82 Å². The number of fused-ring (bicyclic) bond motifs is 14. The molecule has 0 N–H and O–H groups in total. The minimum Gasteiger partial charge on any atom is -0.455 e. The van der Waals surface area contributed by atoms with Crippen LogP contribution in [0, 0.1) is 0 Å². The number of nitrogens with zero attached hydrogens (tertiary/aromatic N) is 2. The SMILES string of the molecule is c1ccc(-c2cc(-c3ccc4c(c3)-c3ccccc3C43c4ccccc4-c4c3ccc3c4oc4ccccc43)nc(-c3ccccc3)n2)cc1. The van der Waals surface area contributed by atoms with Crippen LogP contribution in [0.25, 0.3) is 78.1 Å². The van der Waals surface area contributed by atoms with Crippen LogP contribution in [0.2, 0.25) is 0 Å². The first-order chi connectivity index (χ1) is 24.8. The molecule has 0 amide bonds. The van der Waals surface area contributed by atoms with E-state index < -0.39 is 5.41 Å². The van der Waals surface area contributed by atoms with Crippen LogP contribution in [0.15, 0.2) is 174 Å². The second-order valence-corrected chi connectivity index (χ2v) is 13.3. The monoisotopic (exact) mass is 636 g/mol. The highest BCUT2D eigenvalue weighted by Gasteiger charge is 2.52. The van der Waals surface area contributed by atoms with Crippen LogP contribution in [0.1, 0.15) is 22.3 Å². The molecule has 0 saturated carbocycles. The maximum absolute atomic E-state index is 6.69. The van der Waals surface area contributed by atoms with Crippen molar-refractivity contribution < 1.29 is 4.42 Å². The minimum absolute atomic E-state index is 0.473. The first kappa shape index (κ1) is 27.4. The molecule has 1 spiro atoms. The lowest BCUT2D eigenvalue weighted by atomic mass is 9.70. The van der Waals surface area contributed by atoms with Gasteiger partial charge < -0.3 is 4.42 Å². The Morgan fingerprint density at radius 3 is 1.80 bits per heavy atom. The number of para-hydroxylation sites is 1. The summed E-state index contributed by atoms with van der Waals surface area (Å²) >= 11 is 0. The van der Waals surface area contributed by atoms with Crippen molar-refractivity contribution in [3.63, 3.8) is 0 Å². The fourth-order valence-electron chi connectivity index (χ4n) is 8.63. The topological polar surface area (TPSA) is 38.9 Å². The van der Waals surface area contributed by atoms with E-state index in [2.05, 4.69) is 140 Å². The lowest BCUT2D eigenvalue weighted by Gasteiger charge is -2.30. The van der Waals surface area contributed by atoms with Crippen LogP contribution >= 0.6 is 0 Å². The first-order valence-corrected chi connectivity index (χ1v) is 17.1. The van der Waals surface area contributed by atoms with Crippen molar-refractivity contribution in [1.29, 1.82) is 0 Å². The van der Waals surface area contributed by atoms with E-state index >= 15 is 0 Å². The Balaban J connectivity index is 1.17. The number of hydrogen-bond acceptors (Lipinski definition) is 3. The maximum atomic E-state index is 6.69. The molecule has 0 fully saturated rings. The van der Waals surface area contributed by atoms with Crippen molar-refractivity contribution in [2.24, 2.45) is 0 Å². The molecule has 1 atom stereocenters. The van der Waals surface area contributed by atoms with Gasteiger partial charge in [-0.25, -0.2) is 9.97 Å². The van der Waals surface area contributed by atoms with E-state index in [0.717, 1.165) is 50.0 Å². The normalized spacial score (nSPS) is 15.3. The quantitative estimate of drug-likeness (QED) is 0.194. The van der Waals surface area contributed by atoms with Gasteiger partial charge in [0.2, 0.25) is 0 Å². The van der Waals surface area contributed by atoms with Crippen LogP contribution in [0.3, 0.4) is 0 Å². The minimum atomic E-state index is -0.473. The standard InChI is InChI=1S/C47H28N2O/c1-3-13-29(14-4-1)41-28-42(49-46(48-41)30-15-5-2-6-16-30)31-23-25-39-36(27-31)32-17-7-10-20-37(32)47(39)38-21-11-8-19-35(38)44-40(47)26-24-34-33-18-9-12-22-43(33)50-45(34)44/h1-28H. The van der Waals surface area contributed by atoms with Crippen molar-refractivity contribution in [2.75, 3.05) is 0 Å². The largest absolute Gasteiger partial charge is 0.455 e. The molecule has 9 aromatic rings. The number of furan rings is 1. The molecule has 0 aliphatic heterocycles. The lowest BCUT2D eigenvalue weighted by Crippen LogP contribution is -2.25. The summed E-state index contributed by atoms with van der Waals surface area (Å²) in [5, 5.41) is 2.30. The summed E-state index contributed by atoms with van der Waals surface area (Å²) in [5.41, 5.74) is 16.4. The van der Waals surface area contributed by atoms with Gasteiger partial charge in [0.15, 0.2) is 5.82 Å². The van der Waals surface area contributed by atoms with Crippen molar-refractivity contribution >= 4 is 21.9 Å². The Morgan fingerprint density at radius 2 is 1.00 bits per heavy atom. The van der Waals surface area contributed by atoms with Crippen LogP contribution in [0.4, 0.5) is 0 Å². The summed E-state index contributed by atoms with van der Waals surface area (Å²) in [6.07, 6.45) is 0. The molecule has 3 nitrogen and oxygen atoms in total. The van der Waals surface area contributed by atoms with E-state index in [9.17, 15) is 0 Å². The highest BCUT2D eigenvalue weighted by Crippen LogP contribution is 2.64. The van der Waals surface area contributed by atoms with Crippen molar-refractivity contribution in [3.8, 4) is 56.2 Å². The Labute approximate surface area is 289 Å². The molecule has 3 heteroatoms. The number of aromatic nitrogens is 2. The molecule has 0 bridgehead atoms. The van der Waals surface area contributed by atoms with Gasteiger partial charge in [0.05, 0.1) is 16.8 Å².